The summed E-state index contributed by atoms with van der Waals surface area (Å²) in [4.78, 5) is 24.9. The molecule has 0 fully saturated rings. The Morgan fingerprint density at radius 3 is 2.65 bits per heavy atom. The van der Waals surface area contributed by atoms with Gasteiger partial charge in [-0.2, -0.15) is 0 Å². The number of esters is 1. The molecule has 1 amide bonds. The summed E-state index contributed by atoms with van der Waals surface area (Å²) in [6.45, 7) is 8.22. The van der Waals surface area contributed by atoms with Gasteiger partial charge in [-0.1, -0.05) is 60.5 Å². The molecule has 1 heterocycles. The molecule has 2 aromatic carbocycles. The van der Waals surface area contributed by atoms with Crippen LogP contribution in [0.4, 0.5) is 0 Å². The minimum atomic E-state index is -0.715. The molecule has 0 aliphatic rings. The molecule has 0 bridgehead atoms. The number of carbonyl (C=O) groups excluding carboxylic acids is 2. The first-order valence-corrected chi connectivity index (χ1v) is 11.5. The maximum Gasteiger partial charge on any atom is 0.330 e. The summed E-state index contributed by atoms with van der Waals surface area (Å²) in [6, 6.07) is 15.5. The molecule has 7 heteroatoms. The van der Waals surface area contributed by atoms with E-state index in [0.29, 0.717) is 12.3 Å². The van der Waals surface area contributed by atoms with Gasteiger partial charge in [-0.25, -0.2) is 9.48 Å². The highest BCUT2D eigenvalue weighted by atomic mass is 16.5. The number of hydrogen-bond acceptors (Lipinski definition) is 5. The molecular weight excluding hydrogens is 428 g/mol. The SMILES string of the molecule is CCCCOC(=O)/C=C/c1ccc(C)cc1CC(=O)NC(C)(C)c1cn(-c2ccccc2)nn1. The Kier molecular flexibility index (Phi) is 8.35. The van der Waals surface area contributed by atoms with Gasteiger partial charge in [0.25, 0.3) is 0 Å². The molecule has 34 heavy (non-hydrogen) atoms. The average Bonchev–Trinajstić information content (AvgIpc) is 3.30. The van der Waals surface area contributed by atoms with Gasteiger partial charge >= 0.3 is 5.97 Å². The fourth-order valence-corrected chi connectivity index (χ4v) is 3.46. The van der Waals surface area contributed by atoms with Crippen molar-refractivity contribution >= 4 is 18.0 Å². The fraction of sp³-hybridized carbons (Fsp3) is 0.333. The number of aryl methyl sites for hydroxylation is 1. The van der Waals surface area contributed by atoms with Crippen LogP contribution in [-0.2, 0) is 26.3 Å². The quantitative estimate of drug-likeness (QED) is 0.273. The summed E-state index contributed by atoms with van der Waals surface area (Å²) in [7, 11) is 0. The van der Waals surface area contributed by atoms with Gasteiger partial charge in [0.15, 0.2) is 0 Å². The lowest BCUT2D eigenvalue weighted by Gasteiger charge is -2.24. The lowest BCUT2D eigenvalue weighted by molar-refractivity contribution is -0.137. The van der Waals surface area contributed by atoms with E-state index in [9.17, 15) is 9.59 Å². The fourth-order valence-electron chi connectivity index (χ4n) is 3.46. The number of hydrogen-bond donors (Lipinski definition) is 1. The van der Waals surface area contributed by atoms with Crippen LogP contribution in [0.25, 0.3) is 11.8 Å². The summed E-state index contributed by atoms with van der Waals surface area (Å²) in [6.07, 6.45) is 6.90. The molecule has 0 unspecified atom stereocenters. The number of rotatable bonds is 10. The van der Waals surface area contributed by atoms with E-state index in [1.807, 2.05) is 82.4 Å². The number of ether oxygens (including phenoxy) is 1. The number of unbranched alkanes of at least 4 members (excludes halogenated alkanes) is 1. The third-order valence-electron chi connectivity index (χ3n) is 5.40. The maximum absolute atomic E-state index is 13.0. The number of aromatic nitrogens is 3. The van der Waals surface area contributed by atoms with Gasteiger partial charge in [0.2, 0.25) is 5.91 Å². The van der Waals surface area contributed by atoms with E-state index < -0.39 is 5.54 Å². The Balaban J connectivity index is 1.69. The van der Waals surface area contributed by atoms with E-state index in [2.05, 4.69) is 15.6 Å². The summed E-state index contributed by atoms with van der Waals surface area (Å²) in [5.41, 5.74) is 3.51. The van der Waals surface area contributed by atoms with Crippen molar-refractivity contribution in [2.75, 3.05) is 6.61 Å². The molecule has 7 nitrogen and oxygen atoms in total. The second kappa shape index (κ2) is 11.4. The highest BCUT2D eigenvalue weighted by Gasteiger charge is 2.27. The number of benzene rings is 2. The molecule has 3 aromatic rings. The molecule has 0 atom stereocenters. The second-order valence-corrected chi connectivity index (χ2v) is 8.79. The Labute approximate surface area is 200 Å². The van der Waals surface area contributed by atoms with Crippen molar-refractivity contribution in [1.82, 2.24) is 20.3 Å². The summed E-state index contributed by atoms with van der Waals surface area (Å²) in [5.74, 6) is -0.530. The first-order valence-electron chi connectivity index (χ1n) is 11.5. The van der Waals surface area contributed by atoms with Crippen LogP contribution >= 0.6 is 0 Å². The van der Waals surface area contributed by atoms with E-state index in [4.69, 9.17) is 4.74 Å². The van der Waals surface area contributed by atoms with Gasteiger partial charge in [-0.15, -0.1) is 5.10 Å². The van der Waals surface area contributed by atoms with Crippen molar-refractivity contribution < 1.29 is 14.3 Å². The number of nitrogens with zero attached hydrogens (tertiary/aromatic N) is 3. The third kappa shape index (κ3) is 6.88. The number of carbonyl (C=O) groups is 2. The lowest BCUT2D eigenvalue weighted by Crippen LogP contribution is -2.42. The minimum Gasteiger partial charge on any atom is -0.463 e. The first kappa shape index (κ1) is 24.9. The molecule has 0 saturated heterocycles. The normalized spacial score (nSPS) is 11.5. The summed E-state index contributed by atoms with van der Waals surface area (Å²) < 4.78 is 6.86. The molecule has 0 aliphatic carbocycles. The zero-order valence-corrected chi connectivity index (χ0v) is 20.2. The molecule has 0 saturated carbocycles. The van der Waals surface area contributed by atoms with Crippen molar-refractivity contribution in [1.29, 1.82) is 0 Å². The van der Waals surface area contributed by atoms with Crippen LogP contribution < -0.4 is 5.32 Å². The van der Waals surface area contributed by atoms with E-state index in [1.54, 1.807) is 10.8 Å². The Morgan fingerprint density at radius 1 is 1.15 bits per heavy atom. The number of amides is 1. The smallest absolute Gasteiger partial charge is 0.330 e. The zero-order valence-electron chi connectivity index (χ0n) is 20.2. The van der Waals surface area contributed by atoms with Crippen LogP contribution in [0.3, 0.4) is 0 Å². The van der Waals surface area contributed by atoms with Crippen molar-refractivity contribution in [2.24, 2.45) is 0 Å². The summed E-state index contributed by atoms with van der Waals surface area (Å²) >= 11 is 0. The molecule has 1 aromatic heterocycles. The number of nitrogens with one attached hydrogen (secondary N) is 1. The summed E-state index contributed by atoms with van der Waals surface area (Å²) in [5, 5.41) is 11.5. The van der Waals surface area contributed by atoms with E-state index >= 15 is 0 Å². The predicted octanol–water partition coefficient (Wildman–Crippen LogP) is 4.53. The van der Waals surface area contributed by atoms with Crippen LogP contribution in [0.15, 0.2) is 60.8 Å². The van der Waals surface area contributed by atoms with Crippen molar-refractivity contribution in [3.05, 3.63) is 83.2 Å². The van der Waals surface area contributed by atoms with Crippen LogP contribution in [0, 0.1) is 6.92 Å². The van der Waals surface area contributed by atoms with Crippen LogP contribution in [0.5, 0.6) is 0 Å². The van der Waals surface area contributed by atoms with Gasteiger partial charge in [-0.05, 0) is 56.5 Å². The third-order valence-corrected chi connectivity index (χ3v) is 5.40. The zero-order chi connectivity index (χ0) is 24.6. The average molecular weight is 461 g/mol. The maximum atomic E-state index is 13.0. The van der Waals surface area contributed by atoms with Crippen LogP contribution in [0.1, 0.15) is 56.0 Å². The lowest BCUT2D eigenvalue weighted by atomic mass is 9.98. The van der Waals surface area contributed by atoms with Crippen molar-refractivity contribution in [3.63, 3.8) is 0 Å². The topological polar surface area (TPSA) is 86.1 Å². The molecule has 0 radical (unpaired) electrons. The van der Waals surface area contributed by atoms with Gasteiger partial charge in [0.1, 0.15) is 5.69 Å². The van der Waals surface area contributed by atoms with Gasteiger partial charge in [0.05, 0.1) is 30.5 Å². The van der Waals surface area contributed by atoms with Gasteiger partial charge in [0, 0.05) is 6.08 Å². The molecular formula is C27H32N4O3. The number of para-hydroxylation sites is 1. The highest BCUT2D eigenvalue weighted by molar-refractivity contribution is 5.88. The molecule has 0 spiro atoms. The van der Waals surface area contributed by atoms with Crippen LogP contribution in [0.2, 0.25) is 0 Å². The highest BCUT2D eigenvalue weighted by Crippen LogP contribution is 2.20. The Morgan fingerprint density at radius 2 is 1.91 bits per heavy atom. The molecule has 1 N–H and O–H groups in total. The Bertz CT molecular complexity index is 1150. The molecule has 0 aliphatic heterocycles. The minimum absolute atomic E-state index is 0.148. The molecule has 178 valence electrons. The largest absolute Gasteiger partial charge is 0.463 e. The van der Waals surface area contributed by atoms with E-state index in [-0.39, 0.29) is 18.3 Å². The predicted molar refractivity (Wildman–Crippen MR) is 132 cm³/mol. The van der Waals surface area contributed by atoms with Gasteiger partial charge in [-0.3, -0.25) is 4.79 Å². The van der Waals surface area contributed by atoms with E-state index in [0.717, 1.165) is 35.2 Å². The van der Waals surface area contributed by atoms with Crippen molar-refractivity contribution in [3.8, 4) is 5.69 Å². The second-order valence-electron chi connectivity index (χ2n) is 8.79. The van der Waals surface area contributed by atoms with E-state index in [1.165, 1.54) is 6.08 Å². The van der Waals surface area contributed by atoms with Crippen molar-refractivity contribution in [2.45, 2.75) is 52.5 Å². The first-order chi connectivity index (χ1) is 16.3. The van der Waals surface area contributed by atoms with Crippen LogP contribution in [-0.4, -0.2) is 33.5 Å². The Hall–Kier alpha value is -3.74. The molecule has 3 rings (SSSR count). The monoisotopic (exact) mass is 460 g/mol. The van der Waals surface area contributed by atoms with Gasteiger partial charge < -0.3 is 10.1 Å². The standard InChI is InChI=1S/C27H32N4O3/c1-5-6-16-34-26(33)15-14-21-13-12-20(2)17-22(21)18-25(32)28-27(3,4)24-19-31(30-29-24)23-10-8-7-9-11-23/h7-15,17,19H,5-6,16,18H2,1-4H3,(H,28,32)/b15-14+.